The molecule has 1 N–H and O–H groups in total. The number of benzene rings is 2. The molecule has 0 bridgehead atoms. The van der Waals surface area contributed by atoms with Crippen molar-refractivity contribution in [2.45, 2.75) is 23.1 Å². The molecule has 2 heterocycles. The van der Waals surface area contributed by atoms with Crippen LogP contribution in [0, 0.1) is 10.1 Å². The minimum Gasteiger partial charge on any atom is -0.484 e. The summed E-state index contributed by atoms with van der Waals surface area (Å²) in [4.78, 5) is 49.1. The van der Waals surface area contributed by atoms with Crippen LogP contribution < -0.4 is 10.1 Å². The van der Waals surface area contributed by atoms with Crippen molar-refractivity contribution in [3.8, 4) is 5.75 Å². The summed E-state index contributed by atoms with van der Waals surface area (Å²) in [7, 11) is 0. The van der Waals surface area contributed by atoms with E-state index in [1.807, 2.05) is 6.07 Å². The molecule has 2 atom stereocenters. The number of para-hydroxylation sites is 1. The van der Waals surface area contributed by atoms with Gasteiger partial charge in [0.15, 0.2) is 6.61 Å². The molecule has 2 aliphatic heterocycles. The van der Waals surface area contributed by atoms with Gasteiger partial charge in [0.25, 0.3) is 11.6 Å². The zero-order valence-corrected chi connectivity index (χ0v) is 18.3. The van der Waals surface area contributed by atoms with Crippen molar-refractivity contribution in [3.63, 3.8) is 0 Å². The molecule has 10 nitrogen and oxygen atoms in total. The van der Waals surface area contributed by atoms with E-state index in [0.29, 0.717) is 17.7 Å². The molecule has 4 rings (SSSR count). The standard InChI is InChI=1S/C22H21N3O7S/c26-18(12-31-17-4-2-1-3-5-17)23-13-22(14-24-19(27)10-20(24)33-22)21(28)32-11-15-6-8-16(9-7-15)25(29)30/h1-9,20H,10-14H2,(H,23,26)/t20-,22?/m1/s1. The molecule has 1 unspecified atom stereocenters. The number of thioether (sulfide) groups is 1. The second-order valence-corrected chi connectivity index (χ2v) is 9.23. The van der Waals surface area contributed by atoms with Gasteiger partial charge in [-0.1, -0.05) is 18.2 Å². The Kier molecular flexibility index (Phi) is 6.50. The summed E-state index contributed by atoms with van der Waals surface area (Å²) < 4.78 is 9.78. The van der Waals surface area contributed by atoms with E-state index in [-0.39, 0.29) is 43.3 Å². The first-order valence-corrected chi connectivity index (χ1v) is 11.1. The van der Waals surface area contributed by atoms with E-state index in [1.54, 1.807) is 29.2 Å². The lowest BCUT2D eigenvalue weighted by Gasteiger charge is -2.32. The number of rotatable bonds is 9. The lowest BCUT2D eigenvalue weighted by molar-refractivity contribution is -0.384. The highest BCUT2D eigenvalue weighted by Gasteiger charge is 2.57. The van der Waals surface area contributed by atoms with Crippen LogP contribution in [0.3, 0.4) is 0 Å². The largest absolute Gasteiger partial charge is 0.484 e. The number of non-ortho nitro benzene ring substituents is 1. The van der Waals surface area contributed by atoms with Gasteiger partial charge >= 0.3 is 5.97 Å². The first-order valence-electron chi connectivity index (χ1n) is 10.2. The molecule has 2 aromatic carbocycles. The third-order valence-corrected chi connectivity index (χ3v) is 6.96. The topological polar surface area (TPSA) is 128 Å². The maximum Gasteiger partial charge on any atom is 0.326 e. The molecule has 0 spiro atoms. The highest BCUT2D eigenvalue weighted by Crippen LogP contribution is 2.47. The minimum absolute atomic E-state index is 0.0198. The van der Waals surface area contributed by atoms with Crippen molar-refractivity contribution < 1.29 is 28.8 Å². The van der Waals surface area contributed by atoms with Crippen LogP contribution in [-0.4, -0.2) is 57.4 Å². The first-order chi connectivity index (χ1) is 15.9. The van der Waals surface area contributed by atoms with Crippen LogP contribution in [-0.2, 0) is 25.7 Å². The highest BCUT2D eigenvalue weighted by molar-refractivity contribution is 8.02. The van der Waals surface area contributed by atoms with E-state index in [2.05, 4.69) is 5.32 Å². The van der Waals surface area contributed by atoms with Crippen molar-refractivity contribution in [2.75, 3.05) is 19.7 Å². The molecule has 2 aliphatic rings. The monoisotopic (exact) mass is 471 g/mol. The molecule has 33 heavy (non-hydrogen) atoms. The molecule has 172 valence electrons. The average Bonchev–Trinajstić information content (AvgIpc) is 3.14. The van der Waals surface area contributed by atoms with E-state index in [1.165, 1.54) is 36.0 Å². The van der Waals surface area contributed by atoms with Crippen LogP contribution in [0.2, 0.25) is 0 Å². The van der Waals surface area contributed by atoms with E-state index >= 15 is 0 Å². The van der Waals surface area contributed by atoms with E-state index in [9.17, 15) is 24.5 Å². The summed E-state index contributed by atoms with van der Waals surface area (Å²) >= 11 is 1.30. The Bertz CT molecular complexity index is 1060. The molecule has 2 amide bonds. The van der Waals surface area contributed by atoms with Crippen LogP contribution in [0.4, 0.5) is 5.69 Å². The smallest absolute Gasteiger partial charge is 0.326 e. The number of carbonyl (C=O) groups is 3. The second kappa shape index (κ2) is 9.49. The third-order valence-electron chi connectivity index (χ3n) is 5.38. The Hall–Kier alpha value is -3.60. The highest BCUT2D eigenvalue weighted by atomic mass is 32.2. The Morgan fingerprint density at radius 3 is 2.55 bits per heavy atom. The molecule has 0 aromatic heterocycles. The zero-order chi connectivity index (χ0) is 23.4. The summed E-state index contributed by atoms with van der Waals surface area (Å²) in [5.41, 5.74) is 0.531. The van der Waals surface area contributed by atoms with Crippen molar-refractivity contribution in [2.24, 2.45) is 0 Å². The van der Waals surface area contributed by atoms with Crippen molar-refractivity contribution in [1.82, 2.24) is 10.2 Å². The summed E-state index contributed by atoms with van der Waals surface area (Å²) in [5.74, 6) is -0.453. The van der Waals surface area contributed by atoms with Gasteiger partial charge in [-0.25, -0.2) is 0 Å². The van der Waals surface area contributed by atoms with Gasteiger partial charge in [0.2, 0.25) is 5.91 Å². The predicted octanol–water partition coefficient (Wildman–Crippen LogP) is 1.88. The molecule has 2 saturated heterocycles. The van der Waals surface area contributed by atoms with Gasteiger partial charge in [-0.05, 0) is 29.8 Å². The zero-order valence-electron chi connectivity index (χ0n) is 17.5. The Morgan fingerprint density at radius 2 is 1.91 bits per heavy atom. The number of amides is 2. The lowest BCUT2D eigenvalue weighted by atomic mass is 10.1. The van der Waals surface area contributed by atoms with Crippen LogP contribution in [0.5, 0.6) is 5.75 Å². The van der Waals surface area contributed by atoms with E-state index < -0.39 is 21.5 Å². The number of nitrogens with zero attached hydrogens (tertiary/aromatic N) is 2. The molecule has 0 radical (unpaired) electrons. The first kappa shape index (κ1) is 22.6. The SMILES string of the molecule is O=C(COc1ccccc1)NCC1(C(=O)OCc2ccc([N+](=O)[O-])cc2)CN2C(=O)C[C@H]2S1. The normalized spacial score (nSPS) is 21.0. The second-order valence-electron chi connectivity index (χ2n) is 7.67. The number of hydrogen-bond donors (Lipinski definition) is 1. The molecule has 0 saturated carbocycles. The third kappa shape index (κ3) is 5.08. The molecular formula is C22H21N3O7S. The number of nitro benzene ring substituents is 1. The summed E-state index contributed by atoms with van der Waals surface area (Å²) in [6.45, 7) is -0.175. The van der Waals surface area contributed by atoms with Crippen LogP contribution in [0.1, 0.15) is 12.0 Å². The fourth-order valence-electron chi connectivity index (χ4n) is 3.53. The minimum atomic E-state index is -1.14. The molecular weight excluding hydrogens is 450 g/mol. The summed E-state index contributed by atoms with van der Waals surface area (Å²) in [6, 6.07) is 14.6. The Balaban J connectivity index is 1.36. The fourth-order valence-corrected chi connectivity index (χ4v) is 5.12. The average molecular weight is 471 g/mol. The number of nitrogens with one attached hydrogen (secondary N) is 1. The lowest BCUT2D eigenvalue weighted by Crippen LogP contribution is -2.52. The van der Waals surface area contributed by atoms with Crippen LogP contribution >= 0.6 is 11.8 Å². The van der Waals surface area contributed by atoms with E-state index in [4.69, 9.17) is 9.47 Å². The van der Waals surface area contributed by atoms with Gasteiger partial charge < -0.3 is 19.7 Å². The number of fused-ring (bicyclic) bond motifs is 1. The quantitative estimate of drug-likeness (QED) is 0.254. The molecule has 11 heteroatoms. The summed E-state index contributed by atoms with van der Waals surface area (Å²) in [5, 5.41) is 13.4. The van der Waals surface area contributed by atoms with E-state index in [0.717, 1.165) is 0 Å². The maximum atomic E-state index is 13.1. The van der Waals surface area contributed by atoms with Crippen molar-refractivity contribution in [3.05, 3.63) is 70.3 Å². The number of nitro groups is 1. The summed E-state index contributed by atoms with van der Waals surface area (Å²) in [6.07, 6.45) is 0.340. The predicted molar refractivity (Wildman–Crippen MR) is 118 cm³/mol. The van der Waals surface area contributed by atoms with Crippen LogP contribution in [0.15, 0.2) is 54.6 Å². The van der Waals surface area contributed by atoms with Gasteiger partial charge in [-0.3, -0.25) is 24.5 Å². The van der Waals surface area contributed by atoms with Gasteiger partial charge in [-0.2, -0.15) is 0 Å². The maximum absolute atomic E-state index is 13.1. The molecule has 2 fully saturated rings. The Labute approximate surface area is 193 Å². The number of ether oxygens (including phenoxy) is 2. The van der Waals surface area contributed by atoms with Crippen LogP contribution in [0.25, 0.3) is 0 Å². The van der Waals surface area contributed by atoms with Crippen molar-refractivity contribution >= 4 is 35.2 Å². The number of carbonyl (C=O) groups excluding carboxylic acids is 3. The van der Waals surface area contributed by atoms with Gasteiger partial charge in [0.05, 0.1) is 16.7 Å². The Morgan fingerprint density at radius 1 is 1.18 bits per heavy atom. The van der Waals surface area contributed by atoms with Gasteiger partial charge in [0, 0.05) is 25.2 Å². The number of β-lactam (4-membered cyclic amide) rings is 1. The van der Waals surface area contributed by atoms with Crippen molar-refractivity contribution in [1.29, 1.82) is 0 Å². The number of hydrogen-bond acceptors (Lipinski definition) is 8. The number of esters is 1. The molecule has 2 aromatic rings. The fraction of sp³-hybridized carbons (Fsp3) is 0.318. The van der Waals surface area contributed by atoms with Gasteiger partial charge in [-0.15, -0.1) is 11.8 Å². The van der Waals surface area contributed by atoms with Gasteiger partial charge in [0.1, 0.15) is 17.1 Å². The molecule has 0 aliphatic carbocycles.